The quantitative estimate of drug-likeness (QED) is 0.0284. The maximum Gasteiger partial charge on any atom is 0.272 e. The molecule has 0 spiro atoms. The largest absolute Gasteiger partial charge is 0.381 e. The van der Waals surface area contributed by atoms with Crippen LogP contribution in [0.2, 0.25) is 0 Å². The molecule has 2 heterocycles. The van der Waals surface area contributed by atoms with Crippen LogP contribution in [0, 0.1) is 27.9 Å². The van der Waals surface area contributed by atoms with Crippen molar-refractivity contribution in [1.29, 1.82) is 0 Å². The molecule has 0 saturated carbocycles. The lowest BCUT2D eigenvalue weighted by atomic mass is 9.98. The second-order valence-corrected chi connectivity index (χ2v) is 36.2. The van der Waals surface area contributed by atoms with Crippen LogP contribution in [-0.4, -0.2) is 152 Å². The van der Waals surface area contributed by atoms with Crippen molar-refractivity contribution in [3.05, 3.63) is 39.4 Å². The van der Waals surface area contributed by atoms with E-state index in [1.54, 1.807) is 6.07 Å². The number of amides is 1. The number of carbonyl (C=O) groups excluding carboxylic acids is 1. The van der Waals surface area contributed by atoms with Gasteiger partial charge in [-0.25, -0.2) is 0 Å². The number of carbonyl (C=O) groups is 1. The molecule has 0 aliphatic carbocycles. The SMILES string of the molecule is CC1CSSCC1C.CCCCC.CCCCC(=O)NCc1ccc([N+](=O)[O-])c(C(C)C)c1.CCCCCCCC.CCCCCCCCCCCCCC.CCCCCCCSSCCCCCCC.CCCOCCC.CCCOCCOCCC.CCCOCCOCCOCCOCCOCCC.CC[C@H]1OCCC1C. The van der Waals surface area contributed by atoms with Gasteiger partial charge in [-0.15, -0.1) is 0 Å². The summed E-state index contributed by atoms with van der Waals surface area (Å²) in [5.74, 6) is 8.23. The zero-order valence-electron chi connectivity index (χ0n) is 80.4. The van der Waals surface area contributed by atoms with Crippen LogP contribution in [0.15, 0.2) is 18.2 Å². The maximum atomic E-state index is 11.5. The van der Waals surface area contributed by atoms with Crippen molar-refractivity contribution in [3.8, 4) is 0 Å². The van der Waals surface area contributed by atoms with Gasteiger partial charge in [0.25, 0.3) is 5.69 Å². The van der Waals surface area contributed by atoms with Gasteiger partial charge in [0.1, 0.15) is 0 Å². The lowest BCUT2D eigenvalue weighted by Crippen LogP contribution is -2.22. The molecule has 1 N–H and O–H groups in total. The molecular weight excluding hydrogens is 1510 g/mol. The third-order valence-corrected chi connectivity index (χ3v) is 24.0. The summed E-state index contributed by atoms with van der Waals surface area (Å²) in [6.07, 6.45) is 56.1. The van der Waals surface area contributed by atoms with E-state index in [4.69, 9.17) is 42.6 Å². The summed E-state index contributed by atoms with van der Waals surface area (Å²) in [5, 5.41) is 13.8. The predicted molar refractivity (Wildman–Crippen MR) is 517 cm³/mol. The monoisotopic (exact) mass is 1710 g/mol. The van der Waals surface area contributed by atoms with E-state index in [1.807, 2.05) is 48.4 Å². The summed E-state index contributed by atoms with van der Waals surface area (Å²) < 4.78 is 47.6. The number of hydrogen-bond acceptors (Lipinski definition) is 16. The number of benzene rings is 1. The first-order valence-corrected chi connectivity index (χ1v) is 53.2. The first-order chi connectivity index (χ1) is 56.0. The molecule has 1 aromatic rings. The van der Waals surface area contributed by atoms with Gasteiger partial charge in [-0.05, 0) is 106 Å². The van der Waals surface area contributed by atoms with Gasteiger partial charge < -0.3 is 47.9 Å². The van der Waals surface area contributed by atoms with E-state index >= 15 is 0 Å². The first kappa shape index (κ1) is 127. The van der Waals surface area contributed by atoms with E-state index in [9.17, 15) is 14.9 Å². The molecule has 2 fully saturated rings. The topological polar surface area (TPSA) is 155 Å². The molecule has 2 saturated heterocycles. The molecule has 1 amide bonds. The summed E-state index contributed by atoms with van der Waals surface area (Å²) in [5.41, 5.74) is 1.74. The summed E-state index contributed by atoms with van der Waals surface area (Å²) in [6, 6.07) is 5.02. The molecule has 3 rings (SSSR count). The van der Waals surface area contributed by atoms with Crippen LogP contribution in [0.25, 0.3) is 0 Å². The molecule has 115 heavy (non-hydrogen) atoms. The van der Waals surface area contributed by atoms with E-state index < -0.39 is 0 Å². The molecule has 2 aliphatic heterocycles. The zero-order valence-corrected chi connectivity index (χ0v) is 83.6. The second-order valence-electron chi connectivity index (χ2n) is 31.0. The van der Waals surface area contributed by atoms with Crippen molar-refractivity contribution in [2.24, 2.45) is 17.8 Å². The Balaban J connectivity index is -0.000000231. The summed E-state index contributed by atoms with van der Waals surface area (Å²) in [7, 11) is 8.23. The Morgan fingerprint density at radius 1 is 0.409 bits per heavy atom. The van der Waals surface area contributed by atoms with Crippen LogP contribution in [0.3, 0.4) is 0 Å². The van der Waals surface area contributed by atoms with Crippen LogP contribution in [0.1, 0.15) is 432 Å². The van der Waals surface area contributed by atoms with Gasteiger partial charge in [0.05, 0.1) is 77.1 Å². The Morgan fingerprint density at radius 2 is 0.696 bits per heavy atom. The minimum absolute atomic E-state index is 0.0244. The average molecular weight is 1710 g/mol. The molecule has 1 aromatic carbocycles. The van der Waals surface area contributed by atoms with Crippen molar-refractivity contribution >= 4 is 54.8 Å². The predicted octanol–water partition coefficient (Wildman–Crippen LogP) is 31.1. The molecule has 4 atom stereocenters. The van der Waals surface area contributed by atoms with Crippen LogP contribution in [0.5, 0.6) is 0 Å². The summed E-state index contributed by atoms with van der Waals surface area (Å²) in [4.78, 5) is 22.1. The number of nitro groups is 1. The van der Waals surface area contributed by atoms with Crippen molar-refractivity contribution < 1.29 is 52.3 Å². The maximum absolute atomic E-state index is 11.5. The van der Waals surface area contributed by atoms with Crippen LogP contribution in [0.4, 0.5) is 5.69 Å². The Labute approximate surface area is 733 Å². The van der Waals surface area contributed by atoms with E-state index in [0.29, 0.717) is 77.5 Å². The molecule has 14 nitrogen and oxygen atoms in total. The van der Waals surface area contributed by atoms with Gasteiger partial charge in [-0.3, -0.25) is 14.9 Å². The van der Waals surface area contributed by atoms with Crippen molar-refractivity contribution in [3.63, 3.8) is 0 Å². The minimum Gasteiger partial charge on any atom is -0.381 e. The Hall–Kier alpha value is -0.870. The molecule has 0 radical (unpaired) electrons. The average Bonchev–Trinajstić information content (AvgIpc) is 1.44. The van der Waals surface area contributed by atoms with Crippen molar-refractivity contribution in [2.75, 3.05) is 135 Å². The number of nitrogens with one attached hydrogen (secondary N) is 1. The number of hydrogen-bond donors (Lipinski definition) is 1. The number of ether oxygens (including phenoxy) is 9. The number of rotatable bonds is 66. The highest BCUT2D eigenvalue weighted by Crippen LogP contribution is 2.36. The van der Waals surface area contributed by atoms with Crippen LogP contribution in [-0.2, 0) is 54.0 Å². The highest BCUT2D eigenvalue weighted by Gasteiger charge is 2.22. The number of nitro benzene ring substituents is 1. The van der Waals surface area contributed by atoms with E-state index in [-0.39, 0.29) is 22.4 Å². The van der Waals surface area contributed by atoms with Crippen molar-refractivity contribution in [1.82, 2.24) is 5.32 Å². The fourth-order valence-electron chi connectivity index (χ4n) is 10.9. The van der Waals surface area contributed by atoms with Gasteiger partial charge in [0, 0.05) is 93.9 Å². The molecule has 0 aromatic heterocycles. The number of unbranched alkanes of at least 4 members (excludes halogenated alkanes) is 27. The van der Waals surface area contributed by atoms with Crippen molar-refractivity contribution in [2.45, 2.75) is 434 Å². The number of nitrogens with zero attached hydrogens (tertiary/aromatic N) is 1. The highest BCUT2D eigenvalue weighted by molar-refractivity contribution is 8.77. The molecular formula is C97H200N2O12S4. The zero-order chi connectivity index (χ0) is 87.0. The fourth-order valence-corrected chi connectivity index (χ4v) is 16.4. The van der Waals surface area contributed by atoms with Crippen LogP contribution >= 0.6 is 43.2 Å². The summed E-state index contributed by atoms with van der Waals surface area (Å²) >= 11 is 0. The molecule has 694 valence electrons. The Bertz CT molecular complexity index is 1820. The van der Waals surface area contributed by atoms with E-state index in [2.05, 4.69) is 152 Å². The van der Waals surface area contributed by atoms with Gasteiger partial charge in [-0.1, -0.05) is 387 Å². The third-order valence-electron chi connectivity index (χ3n) is 18.6. The molecule has 2 aliphatic rings. The van der Waals surface area contributed by atoms with Gasteiger partial charge in [-0.2, -0.15) is 0 Å². The van der Waals surface area contributed by atoms with E-state index in [1.165, 1.54) is 241 Å². The van der Waals surface area contributed by atoms with Gasteiger partial charge >= 0.3 is 0 Å². The van der Waals surface area contributed by atoms with Crippen LogP contribution < -0.4 is 5.32 Å². The second kappa shape index (κ2) is 117. The molecule has 18 heteroatoms. The molecule has 3 unspecified atom stereocenters. The first-order valence-electron chi connectivity index (χ1n) is 48.3. The fraction of sp³-hybridized carbons (Fsp3) is 0.928. The highest BCUT2D eigenvalue weighted by atomic mass is 33.1. The lowest BCUT2D eigenvalue weighted by Gasteiger charge is -2.23. The molecule has 0 bridgehead atoms. The Kier molecular flexibility index (Phi) is 130. The van der Waals surface area contributed by atoms with Gasteiger partial charge in [0.2, 0.25) is 5.91 Å². The smallest absolute Gasteiger partial charge is 0.272 e. The van der Waals surface area contributed by atoms with Gasteiger partial charge in [0.15, 0.2) is 0 Å². The normalized spacial score (nSPS) is 14.4. The lowest BCUT2D eigenvalue weighted by molar-refractivity contribution is -0.385. The third kappa shape index (κ3) is 115. The summed E-state index contributed by atoms with van der Waals surface area (Å²) in [6.45, 7) is 58.8. The minimum atomic E-state index is -0.362. The Morgan fingerprint density at radius 3 is 0.930 bits per heavy atom. The standard InChI is InChI=1S/C15H22N2O3.C14H30O5.C14H30S2.C14H30.C8H18O2.C8H18.C7H14O.C6H14O.C6H12S2.C5H12/c1-4-5-6-15(18)16-10-12-7-8-14(17(19)20)13(9-12)11(2)3;1-3-5-15-7-9-17-11-13-19-14-12-18-10-8-16-6-4-2;1-3-5-7-9-11-13-15-16-14-12-10-8-6-4-2;1-3-5-7-9-11-13-14-12-10-8-6-4-2;1-3-5-9-7-8-10-6-4-2;1-3-5-7-8-6-4-2;1-3-7-6(2)4-5-8-7;1-3-5-7-6-4-2;1-5-3-7-8-4-6(5)2;1-3-5-4-2/h7-9,11H,4-6,10H2,1-3H3,(H,16,18);3-14H2,1-2H3;3-14H2,1-2H3;3-14H2,1-2H3;3-8H2,1-2H3;3-8H2,1-2H3;6-7H,3-5H2,1-2H3;3-6H2,1-2H3;5-6H,3-4H2,1-2H3;3-5H2,1-2H3/t;;;;;;6?,7-;;;/m......1.../s1. The van der Waals surface area contributed by atoms with E-state index in [0.717, 1.165) is 134 Å².